The van der Waals surface area contributed by atoms with Crippen molar-refractivity contribution in [3.63, 3.8) is 0 Å². The average Bonchev–Trinajstić information content (AvgIpc) is 2.93. The molecule has 2 N–H and O–H groups in total. The number of aryl methyl sites for hydroxylation is 1. The summed E-state index contributed by atoms with van der Waals surface area (Å²) in [7, 11) is 1.90. The Bertz CT molecular complexity index is 946. The lowest BCUT2D eigenvalue weighted by atomic mass is 10.2. The molecule has 0 atom stereocenters. The second-order valence-electron chi connectivity index (χ2n) is 5.67. The largest absolute Gasteiger partial charge is 0.418 e. The molecule has 3 aromatic rings. The van der Waals surface area contributed by atoms with Crippen molar-refractivity contribution < 1.29 is 17.7 Å². The van der Waals surface area contributed by atoms with E-state index in [2.05, 4.69) is 15.3 Å². The van der Waals surface area contributed by atoms with Gasteiger partial charge in [-0.2, -0.15) is 18.3 Å². The monoisotopic (exact) mass is 361 g/mol. The average molecular weight is 361 g/mol. The van der Waals surface area contributed by atoms with E-state index >= 15 is 0 Å². The van der Waals surface area contributed by atoms with Crippen LogP contribution in [0.15, 0.2) is 65.2 Å². The summed E-state index contributed by atoms with van der Waals surface area (Å²) in [5, 5.41) is 11.7. The molecule has 26 heavy (non-hydrogen) atoms. The van der Waals surface area contributed by atoms with E-state index in [1.54, 1.807) is 0 Å². The molecule has 0 saturated heterocycles. The van der Waals surface area contributed by atoms with Crippen LogP contribution < -0.4 is 10.3 Å². The van der Waals surface area contributed by atoms with Gasteiger partial charge in [-0.3, -0.25) is 0 Å². The SMILES string of the molecule is C[n+]1cccc(Cn2ncc(N=Nc3ccccc3C(F)(F)F)c2N)c1. The maximum absolute atomic E-state index is 13.0. The molecule has 134 valence electrons. The Balaban J connectivity index is 1.84. The summed E-state index contributed by atoms with van der Waals surface area (Å²) in [5.41, 5.74) is 6.04. The molecule has 2 heterocycles. The van der Waals surface area contributed by atoms with Crippen molar-refractivity contribution in [2.24, 2.45) is 17.3 Å². The molecule has 0 aliphatic rings. The minimum absolute atomic E-state index is 0.210. The molecule has 0 amide bonds. The van der Waals surface area contributed by atoms with E-state index in [0.717, 1.165) is 11.6 Å². The fraction of sp³-hybridized carbons (Fsp3) is 0.176. The topological polar surface area (TPSA) is 72.4 Å². The second-order valence-corrected chi connectivity index (χ2v) is 5.67. The third-order valence-electron chi connectivity index (χ3n) is 3.67. The highest BCUT2D eigenvalue weighted by Crippen LogP contribution is 2.37. The molecule has 0 aliphatic carbocycles. The number of hydrogen-bond donors (Lipinski definition) is 1. The second kappa shape index (κ2) is 6.95. The van der Waals surface area contributed by atoms with E-state index in [1.165, 1.54) is 29.1 Å². The maximum atomic E-state index is 13.0. The maximum Gasteiger partial charge on any atom is 0.418 e. The van der Waals surface area contributed by atoms with E-state index in [1.807, 2.05) is 36.1 Å². The van der Waals surface area contributed by atoms with Gasteiger partial charge >= 0.3 is 6.18 Å². The van der Waals surface area contributed by atoms with Crippen LogP contribution in [0.2, 0.25) is 0 Å². The minimum atomic E-state index is -4.51. The molecule has 0 unspecified atom stereocenters. The van der Waals surface area contributed by atoms with E-state index in [4.69, 9.17) is 5.73 Å². The van der Waals surface area contributed by atoms with Crippen molar-refractivity contribution in [1.82, 2.24) is 9.78 Å². The fourth-order valence-electron chi connectivity index (χ4n) is 2.41. The molecule has 0 fully saturated rings. The number of nitrogens with two attached hydrogens (primary N) is 1. The zero-order chi connectivity index (χ0) is 18.7. The predicted octanol–water partition coefficient (Wildman–Crippen LogP) is 3.77. The molecule has 9 heteroatoms. The summed E-state index contributed by atoms with van der Waals surface area (Å²) in [6, 6.07) is 8.78. The number of anilines is 1. The summed E-state index contributed by atoms with van der Waals surface area (Å²) >= 11 is 0. The van der Waals surface area contributed by atoms with Crippen LogP contribution in [0.25, 0.3) is 0 Å². The van der Waals surface area contributed by atoms with Crippen LogP contribution in [-0.4, -0.2) is 9.78 Å². The molecular formula is C17H16F3N6+. The smallest absolute Gasteiger partial charge is 0.382 e. The van der Waals surface area contributed by atoms with Crippen LogP contribution in [-0.2, 0) is 19.8 Å². The van der Waals surface area contributed by atoms with Gasteiger partial charge in [0.2, 0.25) is 0 Å². The fourth-order valence-corrected chi connectivity index (χ4v) is 2.41. The number of alkyl halides is 3. The highest BCUT2D eigenvalue weighted by molar-refractivity contribution is 5.57. The van der Waals surface area contributed by atoms with E-state index in [0.29, 0.717) is 6.54 Å². The Hall–Kier alpha value is -3.23. The first-order chi connectivity index (χ1) is 12.3. The van der Waals surface area contributed by atoms with Gasteiger partial charge in [-0.25, -0.2) is 9.25 Å². The van der Waals surface area contributed by atoms with Crippen LogP contribution in [0.5, 0.6) is 0 Å². The summed E-state index contributed by atoms with van der Waals surface area (Å²) in [5.74, 6) is 0.227. The van der Waals surface area contributed by atoms with Gasteiger partial charge in [0.15, 0.2) is 12.4 Å². The normalized spacial score (nSPS) is 12.0. The van der Waals surface area contributed by atoms with Crippen molar-refractivity contribution in [1.29, 1.82) is 0 Å². The van der Waals surface area contributed by atoms with Crippen LogP contribution in [0.1, 0.15) is 11.1 Å². The van der Waals surface area contributed by atoms with Crippen LogP contribution in [0.4, 0.5) is 30.4 Å². The van der Waals surface area contributed by atoms with Gasteiger partial charge in [-0.05, 0) is 18.2 Å². The van der Waals surface area contributed by atoms with Crippen LogP contribution >= 0.6 is 0 Å². The van der Waals surface area contributed by atoms with Crippen molar-refractivity contribution in [2.75, 3.05) is 5.73 Å². The summed E-state index contributed by atoms with van der Waals surface area (Å²) in [6.07, 6.45) is 0.682. The number of rotatable bonds is 4. The standard InChI is InChI=1S/C17H16F3N6/c1-25-8-4-5-12(10-25)11-26-16(21)15(9-22-26)24-23-14-7-3-2-6-13(14)17(18,19)20/h2-10H,11,21H2,1H3/q+1. The number of halogens is 3. The molecule has 2 aromatic heterocycles. The van der Waals surface area contributed by atoms with Crippen LogP contribution in [0.3, 0.4) is 0 Å². The van der Waals surface area contributed by atoms with Crippen molar-refractivity contribution >= 4 is 17.2 Å². The first-order valence-electron chi connectivity index (χ1n) is 7.68. The van der Waals surface area contributed by atoms with Gasteiger partial charge in [-0.1, -0.05) is 12.1 Å². The Morgan fingerprint density at radius 3 is 2.58 bits per heavy atom. The molecule has 1 aromatic carbocycles. The van der Waals surface area contributed by atoms with Gasteiger partial charge in [0.05, 0.1) is 24.0 Å². The predicted molar refractivity (Wildman–Crippen MR) is 89.0 cm³/mol. The summed E-state index contributed by atoms with van der Waals surface area (Å²) in [4.78, 5) is 0. The highest BCUT2D eigenvalue weighted by Gasteiger charge is 2.33. The lowest BCUT2D eigenvalue weighted by Gasteiger charge is -2.08. The minimum Gasteiger partial charge on any atom is -0.382 e. The number of benzene rings is 1. The number of aromatic nitrogens is 3. The Kier molecular flexibility index (Phi) is 4.70. The van der Waals surface area contributed by atoms with Gasteiger partial charge in [-0.15, -0.1) is 10.2 Å². The van der Waals surface area contributed by atoms with Gasteiger partial charge < -0.3 is 5.73 Å². The Morgan fingerprint density at radius 2 is 1.85 bits per heavy atom. The lowest BCUT2D eigenvalue weighted by molar-refractivity contribution is -0.671. The van der Waals surface area contributed by atoms with Crippen molar-refractivity contribution in [3.05, 3.63) is 66.1 Å². The molecule has 0 radical (unpaired) electrons. The number of nitrogen functional groups attached to an aromatic ring is 1. The van der Waals surface area contributed by atoms with Gasteiger partial charge in [0, 0.05) is 11.6 Å². The zero-order valence-corrected chi connectivity index (χ0v) is 13.9. The number of pyridine rings is 1. The van der Waals surface area contributed by atoms with Gasteiger partial charge in [0.25, 0.3) is 0 Å². The first kappa shape index (κ1) is 17.6. The van der Waals surface area contributed by atoms with E-state index in [9.17, 15) is 13.2 Å². The van der Waals surface area contributed by atoms with E-state index < -0.39 is 11.7 Å². The third kappa shape index (κ3) is 3.88. The quantitative estimate of drug-likeness (QED) is 0.567. The number of azo groups is 1. The molecule has 6 nitrogen and oxygen atoms in total. The summed E-state index contributed by atoms with van der Waals surface area (Å²) < 4.78 is 42.4. The number of nitrogens with zero attached hydrogens (tertiary/aromatic N) is 5. The lowest BCUT2D eigenvalue weighted by Crippen LogP contribution is -2.27. The molecular weight excluding hydrogens is 345 g/mol. The van der Waals surface area contributed by atoms with Crippen molar-refractivity contribution in [3.8, 4) is 0 Å². The van der Waals surface area contributed by atoms with Gasteiger partial charge in [0.1, 0.15) is 18.6 Å². The first-order valence-corrected chi connectivity index (χ1v) is 7.68. The molecule has 0 bridgehead atoms. The zero-order valence-electron chi connectivity index (χ0n) is 13.9. The van der Waals surface area contributed by atoms with Crippen molar-refractivity contribution in [2.45, 2.75) is 12.7 Å². The Labute approximate surface area is 147 Å². The number of hydrogen-bond acceptors (Lipinski definition) is 4. The van der Waals surface area contributed by atoms with E-state index in [-0.39, 0.29) is 17.2 Å². The third-order valence-corrected chi connectivity index (χ3v) is 3.67. The highest BCUT2D eigenvalue weighted by atomic mass is 19.4. The van der Waals surface area contributed by atoms with Crippen LogP contribution in [0, 0.1) is 0 Å². The molecule has 3 rings (SSSR count). The molecule has 0 saturated carbocycles. The molecule has 0 aliphatic heterocycles. The Morgan fingerprint density at radius 1 is 1.12 bits per heavy atom. The molecule has 0 spiro atoms. The summed E-state index contributed by atoms with van der Waals surface area (Å²) in [6.45, 7) is 0.412.